The summed E-state index contributed by atoms with van der Waals surface area (Å²) in [5, 5.41) is 23.6. The Bertz CT molecular complexity index is 976. The predicted molar refractivity (Wildman–Crippen MR) is 109 cm³/mol. The maximum Gasteiger partial charge on any atom is 0.279 e. The molecule has 0 aliphatic carbocycles. The van der Waals surface area contributed by atoms with Crippen LogP contribution in [0.15, 0.2) is 54.7 Å². The first kappa shape index (κ1) is 21.2. The minimum atomic E-state index is -0.570. The van der Waals surface area contributed by atoms with Crippen LogP contribution in [0.4, 0.5) is 11.4 Å². The van der Waals surface area contributed by atoms with Crippen molar-refractivity contribution in [1.82, 2.24) is 0 Å². The van der Waals surface area contributed by atoms with Gasteiger partial charge in [-0.15, -0.1) is 11.6 Å². The number of alkyl halides is 1. The van der Waals surface area contributed by atoms with Crippen LogP contribution in [0.25, 0.3) is 10.9 Å². The zero-order valence-electron chi connectivity index (χ0n) is 15.7. The topological polar surface area (TPSA) is 90.2 Å². The van der Waals surface area contributed by atoms with Gasteiger partial charge in [0.2, 0.25) is 5.52 Å². The lowest BCUT2D eigenvalue weighted by molar-refractivity contribution is -0.667. The predicted octanol–water partition coefficient (Wildman–Crippen LogP) is 4.80. The summed E-state index contributed by atoms with van der Waals surface area (Å²) < 4.78 is 2.06. The number of fused-ring (bicyclic) bond motifs is 1. The summed E-state index contributed by atoms with van der Waals surface area (Å²) in [6.45, 7) is 4.70. The maximum absolute atomic E-state index is 11.3. The number of pyridine rings is 1. The lowest BCUT2D eigenvalue weighted by atomic mass is 9.98. The van der Waals surface area contributed by atoms with Crippen molar-refractivity contribution in [1.29, 1.82) is 0 Å². The van der Waals surface area contributed by atoms with Crippen LogP contribution in [0.2, 0.25) is 0 Å². The molecule has 3 aromatic rings. The Morgan fingerprint density at radius 1 is 0.929 bits per heavy atom. The molecule has 0 saturated heterocycles. The van der Waals surface area contributed by atoms with Crippen molar-refractivity contribution in [2.24, 2.45) is 0 Å². The highest BCUT2D eigenvalue weighted by molar-refractivity contribution is 6.17. The Morgan fingerprint density at radius 3 is 2.04 bits per heavy atom. The van der Waals surface area contributed by atoms with Crippen LogP contribution in [-0.4, -0.2) is 15.7 Å². The molecule has 0 unspecified atom stereocenters. The molecule has 2 aromatic carbocycles. The van der Waals surface area contributed by atoms with Gasteiger partial charge in [-0.25, -0.2) is 0 Å². The number of aryl methyl sites for hydroxylation is 1. The molecule has 1 aromatic heterocycles. The molecular weight excluding hydrogens is 382 g/mol. The highest BCUT2D eigenvalue weighted by atomic mass is 35.5. The Kier molecular flexibility index (Phi) is 7.40. The van der Waals surface area contributed by atoms with E-state index in [1.165, 1.54) is 18.2 Å². The van der Waals surface area contributed by atoms with E-state index in [0.29, 0.717) is 0 Å². The Morgan fingerprint density at radius 2 is 1.50 bits per heavy atom. The molecule has 0 spiro atoms. The summed E-state index contributed by atoms with van der Waals surface area (Å²) in [6.07, 6.45) is 2.02. The van der Waals surface area contributed by atoms with Gasteiger partial charge in [0.25, 0.3) is 11.4 Å². The summed E-state index contributed by atoms with van der Waals surface area (Å²) in [5.74, 6) is 0.722. The van der Waals surface area contributed by atoms with E-state index in [4.69, 9.17) is 11.6 Å². The van der Waals surface area contributed by atoms with E-state index in [1.54, 1.807) is 0 Å². The van der Waals surface area contributed by atoms with Crippen molar-refractivity contribution >= 4 is 33.9 Å². The van der Waals surface area contributed by atoms with Crippen LogP contribution in [0, 0.1) is 20.2 Å². The van der Waals surface area contributed by atoms with Gasteiger partial charge in [0.15, 0.2) is 6.20 Å². The van der Waals surface area contributed by atoms with Crippen LogP contribution in [0.1, 0.15) is 25.0 Å². The van der Waals surface area contributed by atoms with Crippen molar-refractivity contribution in [3.05, 3.63) is 86.1 Å². The van der Waals surface area contributed by atoms with Gasteiger partial charge in [0.05, 0.1) is 9.85 Å². The summed E-state index contributed by atoms with van der Waals surface area (Å²) in [7, 11) is 0. The molecule has 0 amide bonds. The third kappa shape index (κ3) is 4.61. The number of halogens is 1. The molecule has 146 valence electrons. The summed E-state index contributed by atoms with van der Waals surface area (Å²) >= 11 is 5.00. The van der Waals surface area contributed by atoms with Crippen LogP contribution in [-0.2, 0) is 13.0 Å². The van der Waals surface area contributed by atoms with Crippen molar-refractivity contribution in [3.63, 3.8) is 0 Å². The molecule has 0 bridgehead atoms. The van der Waals surface area contributed by atoms with E-state index in [0.717, 1.165) is 28.9 Å². The molecule has 3 rings (SSSR count). The largest absolute Gasteiger partial charge is 0.279 e. The summed E-state index contributed by atoms with van der Waals surface area (Å²) in [4.78, 5) is 21.5. The monoisotopic (exact) mass is 402 g/mol. The van der Waals surface area contributed by atoms with Gasteiger partial charge in [0.1, 0.15) is 12.1 Å². The summed E-state index contributed by atoms with van der Waals surface area (Å²) in [6, 6.07) is 13.5. The average molecular weight is 403 g/mol. The first-order valence-electron chi connectivity index (χ1n) is 8.81. The average Bonchev–Trinajstić information content (AvgIpc) is 2.68. The zero-order valence-corrected chi connectivity index (χ0v) is 16.4. The van der Waals surface area contributed by atoms with Crippen molar-refractivity contribution in [2.45, 2.75) is 26.8 Å². The van der Waals surface area contributed by atoms with Crippen molar-refractivity contribution in [3.8, 4) is 0 Å². The quantitative estimate of drug-likeness (QED) is 0.265. The molecule has 1 heterocycles. The van der Waals surface area contributed by atoms with E-state index >= 15 is 0 Å². The molecule has 28 heavy (non-hydrogen) atoms. The second kappa shape index (κ2) is 9.75. The SMILES string of the molecule is CCCl.CC[n+]1ccc(Cc2c([N+](=O)[O-])cccc2[N+](=O)[O-])c2ccccc21. The molecule has 7 nitrogen and oxygen atoms in total. The molecule has 0 aliphatic rings. The van der Waals surface area contributed by atoms with Crippen LogP contribution < -0.4 is 4.57 Å². The highest BCUT2D eigenvalue weighted by Gasteiger charge is 2.25. The van der Waals surface area contributed by atoms with Gasteiger partial charge in [-0.2, -0.15) is 4.57 Å². The third-order valence-corrected chi connectivity index (χ3v) is 4.24. The van der Waals surface area contributed by atoms with Crippen molar-refractivity contribution in [2.75, 3.05) is 5.88 Å². The van der Waals surface area contributed by atoms with E-state index in [-0.39, 0.29) is 23.4 Å². The Balaban J connectivity index is 0.000000878. The molecule has 0 radical (unpaired) electrons. The first-order chi connectivity index (χ1) is 13.4. The van der Waals surface area contributed by atoms with E-state index < -0.39 is 9.85 Å². The number of benzene rings is 2. The standard InChI is InChI=1S/C18H16N3O4.C2H5Cl/c1-2-19-11-10-13(14-6-3-4-7-16(14)19)12-15-17(20(22)23)8-5-9-18(15)21(24)25;1-2-3/h3-11H,2,12H2,1H3;2H2,1H3/q+1;. The number of nitro benzene ring substituents is 2. The van der Waals surface area contributed by atoms with Gasteiger partial charge < -0.3 is 0 Å². The molecule has 0 aliphatic heterocycles. The molecule has 0 atom stereocenters. The summed E-state index contributed by atoms with van der Waals surface area (Å²) in [5.41, 5.74) is 1.47. The number of rotatable bonds is 5. The zero-order chi connectivity index (χ0) is 20.7. The number of nitro groups is 2. The van der Waals surface area contributed by atoms with Crippen LogP contribution >= 0.6 is 11.6 Å². The second-order valence-corrected chi connectivity index (χ2v) is 6.41. The van der Waals surface area contributed by atoms with Crippen LogP contribution in [0.3, 0.4) is 0 Å². The first-order valence-corrected chi connectivity index (χ1v) is 9.34. The number of para-hydroxylation sites is 1. The second-order valence-electron chi connectivity index (χ2n) is 5.88. The van der Waals surface area contributed by atoms with E-state index in [1.807, 2.05) is 50.4 Å². The lowest BCUT2D eigenvalue weighted by Crippen LogP contribution is -2.32. The Hall–Kier alpha value is -3.06. The number of aromatic nitrogens is 1. The molecule has 0 N–H and O–H groups in total. The van der Waals surface area contributed by atoms with E-state index in [2.05, 4.69) is 4.57 Å². The number of hydrogen-bond acceptors (Lipinski definition) is 4. The van der Waals surface area contributed by atoms with Gasteiger partial charge >= 0.3 is 0 Å². The fraction of sp³-hybridized carbons (Fsp3) is 0.250. The fourth-order valence-corrected chi connectivity index (χ4v) is 3.05. The number of hydrogen-bond donors (Lipinski definition) is 0. The minimum absolute atomic E-state index is 0.122. The smallest absolute Gasteiger partial charge is 0.258 e. The lowest BCUT2D eigenvalue weighted by Gasteiger charge is -2.07. The molecule has 0 fully saturated rings. The van der Waals surface area contributed by atoms with Gasteiger partial charge in [-0.05, 0) is 24.6 Å². The van der Waals surface area contributed by atoms with Gasteiger partial charge in [0, 0.05) is 42.0 Å². The van der Waals surface area contributed by atoms with E-state index in [9.17, 15) is 20.2 Å². The molecular formula is C20H21ClN3O4+. The van der Waals surface area contributed by atoms with Crippen molar-refractivity contribution < 1.29 is 14.4 Å². The maximum atomic E-state index is 11.3. The number of nitrogens with zero attached hydrogens (tertiary/aromatic N) is 3. The normalized spacial score (nSPS) is 10.2. The van der Waals surface area contributed by atoms with Crippen LogP contribution in [0.5, 0.6) is 0 Å². The third-order valence-electron chi connectivity index (χ3n) is 4.24. The molecule has 8 heteroatoms. The highest BCUT2D eigenvalue weighted by Crippen LogP contribution is 2.31. The Labute approximate surface area is 167 Å². The van der Waals surface area contributed by atoms with Gasteiger partial charge in [-0.3, -0.25) is 20.2 Å². The minimum Gasteiger partial charge on any atom is -0.258 e. The fourth-order valence-electron chi connectivity index (χ4n) is 3.05. The molecule has 0 saturated carbocycles. The van der Waals surface area contributed by atoms with Gasteiger partial charge in [-0.1, -0.05) is 19.1 Å².